The Morgan fingerprint density at radius 2 is 0.245 bits per heavy atom. The molecule has 16 rings (SSSR count). The fraction of sp³-hybridized carbons (Fsp3) is 0. The highest BCUT2D eigenvalue weighted by Crippen LogP contribution is 2.43. The molecule has 0 N–H and O–H groups in total. The van der Waals surface area contributed by atoms with Crippen molar-refractivity contribution in [3.63, 3.8) is 0 Å². The molecule has 8 nitrogen and oxygen atoms in total. The molecule has 0 unspecified atom stereocenters. The molecule has 0 spiro atoms. The number of hydrogen-bond acceptors (Lipinski definition) is 8. The Morgan fingerprint density at radius 3 is 0.408 bits per heavy atom. The first-order chi connectivity index (χ1) is 48.6. The zero-order chi connectivity index (χ0) is 65.4. The van der Waals surface area contributed by atoms with Crippen LogP contribution in [-0.4, -0.2) is 19.9 Å². The molecule has 0 atom stereocenters. The smallest absolute Gasteiger partial charge is 0.199 e. The molecule has 0 radical (unpaired) electrons. The number of hydrogen-bond donors (Lipinski definition) is 0. The number of anilines is 12. The molecular formula is C90H64N8. The Hall–Kier alpha value is -13.3. The molecule has 98 heavy (non-hydrogen) atoms. The van der Waals surface area contributed by atoms with E-state index in [1.807, 2.05) is 24.3 Å². The summed E-state index contributed by atoms with van der Waals surface area (Å²) in [5.74, 6) is 0. The Labute approximate surface area is 571 Å². The first-order valence-corrected chi connectivity index (χ1v) is 32.9. The molecule has 464 valence electrons. The van der Waals surface area contributed by atoms with Crippen molar-refractivity contribution >= 4 is 79.5 Å². The van der Waals surface area contributed by atoms with Crippen molar-refractivity contribution in [2.24, 2.45) is 0 Å². The minimum atomic E-state index is 0.426. The van der Waals surface area contributed by atoms with E-state index in [9.17, 15) is 0 Å². The summed E-state index contributed by atoms with van der Waals surface area (Å²) in [6.45, 7) is 0. The van der Waals surface area contributed by atoms with Gasteiger partial charge in [-0.3, -0.25) is 0 Å². The third-order valence-corrected chi connectivity index (χ3v) is 17.7. The fourth-order valence-corrected chi connectivity index (χ4v) is 12.9. The standard InChI is InChI=1S/C90H64N8/c1-9-25-73(26-10-1)95(74-27-11-2-12-28-74)81-57-49-67(50-58-81)65-41-45-69(46-42-65)85-87(71-53-61-83(62-54-71)97(77-33-17-5-18-34-77)78-35-19-6-20-36-78)93-90-89(91-85)94-88(72-55-63-84(64-56-72)98(79-37-21-7-22-38-79)80-39-23-8-24-40-80)86(92-90)70-47-43-66(44-48-70)68-51-59-82(60-52-68)96(75-29-13-3-14-30-75)76-31-15-4-16-32-76/h1-64H. The van der Waals surface area contributed by atoms with Crippen LogP contribution in [-0.2, 0) is 0 Å². The molecule has 0 bridgehead atoms. The Balaban J connectivity index is 0.814. The average Bonchev–Trinajstić information content (AvgIpc) is 0.762. The molecule has 0 saturated carbocycles. The predicted octanol–water partition coefficient (Wildman–Crippen LogP) is 24.3. The van der Waals surface area contributed by atoms with Crippen molar-refractivity contribution in [2.45, 2.75) is 0 Å². The van der Waals surface area contributed by atoms with Gasteiger partial charge in [0, 0.05) is 90.5 Å². The first-order valence-electron chi connectivity index (χ1n) is 32.9. The summed E-state index contributed by atoms with van der Waals surface area (Å²) in [6.07, 6.45) is 0. The lowest BCUT2D eigenvalue weighted by Crippen LogP contribution is -2.09. The van der Waals surface area contributed by atoms with E-state index in [0.717, 1.165) is 113 Å². The molecule has 0 fully saturated rings. The van der Waals surface area contributed by atoms with Crippen molar-refractivity contribution < 1.29 is 0 Å². The SMILES string of the molecule is c1ccc(N(c2ccccc2)c2ccc(-c3ccc(-c4nc5nc(-c6ccc(N(c7ccccc7)c7ccccc7)cc6)c(-c6ccc(-c7ccc(N(c8ccccc8)c8ccccc8)cc7)cc6)nc5nc4-c4ccc(N(c5ccccc5)c5ccccc5)cc4)cc3)cc2)cc1. The molecule has 0 aliphatic carbocycles. The molecule has 16 aromatic rings. The van der Waals surface area contributed by atoms with Crippen molar-refractivity contribution in [3.05, 3.63) is 388 Å². The van der Waals surface area contributed by atoms with E-state index < -0.39 is 0 Å². The predicted molar refractivity (Wildman–Crippen MR) is 406 cm³/mol. The number of para-hydroxylation sites is 8. The molecule has 2 heterocycles. The highest BCUT2D eigenvalue weighted by molar-refractivity contribution is 5.91. The highest BCUT2D eigenvalue weighted by atomic mass is 15.2. The zero-order valence-corrected chi connectivity index (χ0v) is 53.5. The number of benzene rings is 14. The summed E-state index contributed by atoms with van der Waals surface area (Å²) in [7, 11) is 0. The van der Waals surface area contributed by atoms with Crippen LogP contribution < -0.4 is 19.6 Å². The maximum Gasteiger partial charge on any atom is 0.199 e. The van der Waals surface area contributed by atoms with Gasteiger partial charge in [0.15, 0.2) is 11.3 Å². The van der Waals surface area contributed by atoms with E-state index in [4.69, 9.17) is 19.9 Å². The second-order valence-electron chi connectivity index (χ2n) is 23.9. The Bertz CT molecular complexity index is 4800. The number of rotatable bonds is 18. The maximum atomic E-state index is 5.56. The van der Waals surface area contributed by atoms with Gasteiger partial charge >= 0.3 is 0 Å². The van der Waals surface area contributed by atoms with Crippen LogP contribution in [0.3, 0.4) is 0 Å². The summed E-state index contributed by atoms with van der Waals surface area (Å²) in [6, 6.07) is 136. The number of fused-ring (bicyclic) bond motifs is 1. The number of aromatic nitrogens is 4. The number of nitrogens with zero attached hydrogens (tertiary/aromatic N) is 8. The summed E-state index contributed by atoms with van der Waals surface area (Å²) in [5.41, 5.74) is 24.2. The van der Waals surface area contributed by atoms with E-state index in [1.54, 1.807) is 0 Å². The van der Waals surface area contributed by atoms with E-state index >= 15 is 0 Å². The zero-order valence-electron chi connectivity index (χ0n) is 53.5. The van der Waals surface area contributed by atoms with Crippen LogP contribution in [0.4, 0.5) is 68.2 Å². The molecule has 0 aliphatic heterocycles. The van der Waals surface area contributed by atoms with Crippen LogP contribution in [0.5, 0.6) is 0 Å². The average molecular weight is 1260 g/mol. The Morgan fingerprint density at radius 1 is 0.122 bits per heavy atom. The summed E-state index contributed by atoms with van der Waals surface area (Å²) >= 11 is 0. The van der Waals surface area contributed by atoms with E-state index in [-0.39, 0.29) is 0 Å². The third-order valence-electron chi connectivity index (χ3n) is 17.7. The fourth-order valence-electron chi connectivity index (χ4n) is 12.9. The van der Waals surface area contributed by atoms with Gasteiger partial charge in [-0.1, -0.05) is 243 Å². The highest BCUT2D eigenvalue weighted by Gasteiger charge is 2.23. The molecule has 8 heteroatoms. The third kappa shape index (κ3) is 12.4. The van der Waals surface area contributed by atoms with E-state index in [1.165, 1.54) is 0 Å². The van der Waals surface area contributed by atoms with E-state index in [2.05, 4.69) is 384 Å². The molecular weight excluding hydrogens is 1190 g/mol. The first kappa shape index (κ1) is 59.7. The molecule has 14 aromatic carbocycles. The quantitative estimate of drug-likeness (QED) is 0.0842. The van der Waals surface area contributed by atoms with Gasteiger partial charge in [-0.25, -0.2) is 19.9 Å². The van der Waals surface area contributed by atoms with Gasteiger partial charge in [0.05, 0.1) is 22.8 Å². The largest absolute Gasteiger partial charge is 0.311 e. The van der Waals surface area contributed by atoms with Gasteiger partial charge < -0.3 is 19.6 Å². The second-order valence-corrected chi connectivity index (χ2v) is 23.9. The van der Waals surface area contributed by atoms with Crippen LogP contribution in [0.1, 0.15) is 0 Å². The lowest BCUT2D eigenvalue weighted by atomic mass is 9.99. The summed E-state index contributed by atoms with van der Waals surface area (Å²) < 4.78 is 0. The maximum absolute atomic E-state index is 5.56. The van der Waals surface area contributed by atoms with Crippen LogP contribution in [0, 0.1) is 0 Å². The molecule has 2 aromatic heterocycles. The van der Waals surface area contributed by atoms with Gasteiger partial charge in [0.1, 0.15) is 0 Å². The van der Waals surface area contributed by atoms with Crippen LogP contribution in [0.2, 0.25) is 0 Å². The van der Waals surface area contributed by atoms with Crippen molar-refractivity contribution in [2.75, 3.05) is 19.6 Å². The van der Waals surface area contributed by atoms with Gasteiger partial charge in [-0.2, -0.15) is 0 Å². The molecule has 0 saturated heterocycles. The Kier molecular flexibility index (Phi) is 16.7. The summed E-state index contributed by atoms with van der Waals surface area (Å²) in [5, 5.41) is 0. The molecule has 0 aliphatic rings. The van der Waals surface area contributed by atoms with Gasteiger partial charge in [-0.05, 0) is 168 Å². The minimum Gasteiger partial charge on any atom is -0.311 e. The minimum absolute atomic E-state index is 0.426. The molecule has 0 amide bonds. The van der Waals surface area contributed by atoms with E-state index in [0.29, 0.717) is 34.1 Å². The van der Waals surface area contributed by atoms with Crippen LogP contribution in [0.25, 0.3) is 78.6 Å². The van der Waals surface area contributed by atoms with Crippen LogP contribution >= 0.6 is 0 Å². The van der Waals surface area contributed by atoms with Crippen molar-refractivity contribution in [1.29, 1.82) is 0 Å². The second kappa shape index (κ2) is 27.3. The monoisotopic (exact) mass is 1260 g/mol. The van der Waals surface area contributed by atoms with Crippen molar-refractivity contribution in [1.82, 2.24) is 19.9 Å². The topological polar surface area (TPSA) is 64.5 Å². The summed E-state index contributed by atoms with van der Waals surface area (Å²) in [4.78, 5) is 31.3. The van der Waals surface area contributed by atoms with Crippen LogP contribution in [0.15, 0.2) is 388 Å². The lowest BCUT2D eigenvalue weighted by molar-refractivity contribution is 1.17. The van der Waals surface area contributed by atoms with Gasteiger partial charge in [-0.15, -0.1) is 0 Å². The van der Waals surface area contributed by atoms with Gasteiger partial charge in [0.25, 0.3) is 0 Å². The van der Waals surface area contributed by atoms with Gasteiger partial charge in [0.2, 0.25) is 0 Å². The van der Waals surface area contributed by atoms with Crippen molar-refractivity contribution in [3.8, 4) is 67.3 Å². The normalized spacial score (nSPS) is 11.1. The lowest BCUT2D eigenvalue weighted by Gasteiger charge is -2.25.